The smallest absolute Gasteiger partial charge is 0.270 e. The first-order chi connectivity index (χ1) is 12.0. The molecule has 1 fully saturated rings. The number of nitrogens with zero attached hydrogens (tertiary/aromatic N) is 1. The lowest BCUT2D eigenvalue weighted by Gasteiger charge is -2.15. The lowest BCUT2D eigenvalue weighted by molar-refractivity contribution is -0.113. The summed E-state index contributed by atoms with van der Waals surface area (Å²) >= 11 is 18.6. The van der Waals surface area contributed by atoms with Gasteiger partial charge in [0.25, 0.3) is 5.91 Å². The summed E-state index contributed by atoms with van der Waals surface area (Å²) in [7, 11) is 0. The second-order valence-corrected chi connectivity index (χ2v) is 7.72. The second kappa shape index (κ2) is 6.53. The molecule has 0 unspecified atom stereocenters. The number of rotatable bonds is 2. The number of carbonyl (C=O) groups is 1. The molecule has 2 heterocycles. The van der Waals surface area contributed by atoms with Gasteiger partial charge in [-0.3, -0.25) is 9.69 Å². The van der Waals surface area contributed by atoms with Crippen LogP contribution in [0.2, 0.25) is 10.0 Å². The highest BCUT2D eigenvalue weighted by Gasteiger charge is 2.33. The number of thiocarbonyl (C=S) groups is 1. The number of hydrogen-bond acceptors (Lipinski definition) is 5. The molecule has 0 N–H and O–H groups in total. The fourth-order valence-electron chi connectivity index (χ4n) is 2.47. The maximum atomic E-state index is 12.8. The first kappa shape index (κ1) is 16.7. The Morgan fingerprint density at radius 3 is 2.68 bits per heavy atom. The molecular formula is C17H9Cl2NO3S2. The van der Waals surface area contributed by atoms with E-state index in [9.17, 15) is 4.79 Å². The third-order valence-electron chi connectivity index (χ3n) is 3.65. The minimum absolute atomic E-state index is 0.203. The van der Waals surface area contributed by atoms with Crippen LogP contribution in [-0.4, -0.2) is 17.0 Å². The predicted molar refractivity (Wildman–Crippen MR) is 105 cm³/mol. The van der Waals surface area contributed by atoms with E-state index in [4.69, 9.17) is 44.9 Å². The van der Waals surface area contributed by atoms with Gasteiger partial charge in [-0.25, -0.2) is 0 Å². The van der Waals surface area contributed by atoms with Crippen LogP contribution >= 0.6 is 47.2 Å². The van der Waals surface area contributed by atoms with Crippen molar-refractivity contribution in [2.24, 2.45) is 0 Å². The van der Waals surface area contributed by atoms with Crippen molar-refractivity contribution in [3.63, 3.8) is 0 Å². The summed E-state index contributed by atoms with van der Waals surface area (Å²) in [5.41, 5.74) is 1.42. The van der Waals surface area contributed by atoms with Crippen LogP contribution in [0, 0.1) is 0 Å². The van der Waals surface area contributed by atoms with Crippen molar-refractivity contribution in [3.8, 4) is 11.5 Å². The summed E-state index contributed by atoms with van der Waals surface area (Å²) in [6, 6.07) is 10.5. The minimum Gasteiger partial charge on any atom is -0.454 e. The highest BCUT2D eigenvalue weighted by Crippen LogP contribution is 2.39. The van der Waals surface area contributed by atoms with E-state index in [0.717, 1.165) is 5.56 Å². The Morgan fingerprint density at radius 2 is 1.88 bits per heavy atom. The van der Waals surface area contributed by atoms with Gasteiger partial charge in [0.2, 0.25) is 6.79 Å². The number of amides is 1. The molecule has 4 nitrogen and oxygen atoms in total. The summed E-state index contributed by atoms with van der Waals surface area (Å²) in [4.78, 5) is 14.7. The summed E-state index contributed by atoms with van der Waals surface area (Å²) in [6.45, 7) is 0.207. The number of thioether (sulfide) groups is 1. The molecule has 2 aliphatic heterocycles. The van der Waals surface area contributed by atoms with Gasteiger partial charge in [0.15, 0.2) is 15.8 Å². The van der Waals surface area contributed by atoms with Crippen LogP contribution in [0.25, 0.3) is 6.08 Å². The molecule has 0 bridgehead atoms. The SMILES string of the molecule is O=C1/C(=C/c2ccc3c(c2)OCO3)SC(=S)N1c1ccc(Cl)c(Cl)c1. The zero-order valence-corrected chi connectivity index (χ0v) is 15.6. The van der Waals surface area contributed by atoms with Gasteiger partial charge in [-0.1, -0.05) is 53.2 Å². The van der Waals surface area contributed by atoms with Crippen molar-refractivity contribution in [1.82, 2.24) is 0 Å². The van der Waals surface area contributed by atoms with Crippen LogP contribution in [0.1, 0.15) is 5.56 Å². The molecule has 2 aliphatic rings. The monoisotopic (exact) mass is 409 g/mol. The Morgan fingerprint density at radius 1 is 1.08 bits per heavy atom. The van der Waals surface area contributed by atoms with E-state index in [1.165, 1.54) is 16.7 Å². The Bertz CT molecular complexity index is 945. The molecule has 8 heteroatoms. The normalized spacial score (nSPS) is 17.7. The number of hydrogen-bond donors (Lipinski definition) is 0. The molecule has 1 saturated heterocycles. The minimum atomic E-state index is -0.203. The van der Waals surface area contributed by atoms with E-state index >= 15 is 0 Å². The third-order valence-corrected chi connectivity index (χ3v) is 5.69. The van der Waals surface area contributed by atoms with E-state index in [1.807, 2.05) is 18.2 Å². The van der Waals surface area contributed by atoms with E-state index in [1.54, 1.807) is 24.3 Å². The average Bonchev–Trinajstić information content (AvgIpc) is 3.15. The predicted octanol–water partition coefficient (Wildman–Crippen LogP) is 5.13. The summed E-state index contributed by atoms with van der Waals surface area (Å²) in [6.07, 6.45) is 1.78. The largest absolute Gasteiger partial charge is 0.454 e. The van der Waals surface area contributed by atoms with Crippen LogP contribution in [0.4, 0.5) is 5.69 Å². The first-order valence-electron chi connectivity index (χ1n) is 7.15. The van der Waals surface area contributed by atoms with Crippen molar-refractivity contribution in [2.45, 2.75) is 0 Å². The summed E-state index contributed by atoms with van der Waals surface area (Å²) in [5.74, 6) is 1.15. The lowest BCUT2D eigenvalue weighted by atomic mass is 10.2. The standard InChI is InChI=1S/C17H9Cl2NO3S2/c18-11-3-2-10(7-12(11)19)20-16(21)15(25-17(20)24)6-9-1-4-13-14(5-9)23-8-22-13/h1-7H,8H2/b15-6-. The van der Waals surface area contributed by atoms with Crippen molar-refractivity contribution in [2.75, 3.05) is 11.7 Å². The molecule has 0 saturated carbocycles. The van der Waals surface area contributed by atoms with Gasteiger partial charge in [0.05, 0.1) is 20.6 Å². The van der Waals surface area contributed by atoms with Crippen LogP contribution in [0.15, 0.2) is 41.3 Å². The van der Waals surface area contributed by atoms with Gasteiger partial charge in [0, 0.05) is 0 Å². The maximum absolute atomic E-state index is 12.8. The second-order valence-electron chi connectivity index (χ2n) is 5.23. The molecule has 0 aliphatic carbocycles. The molecule has 0 radical (unpaired) electrons. The number of anilines is 1. The van der Waals surface area contributed by atoms with E-state index in [2.05, 4.69) is 0 Å². The number of benzene rings is 2. The van der Waals surface area contributed by atoms with Crippen LogP contribution in [0.3, 0.4) is 0 Å². The molecule has 2 aromatic carbocycles. The fourth-order valence-corrected chi connectivity index (χ4v) is 4.06. The van der Waals surface area contributed by atoms with E-state index in [-0.39, 0.29) is 12.7 Å². The topological polar surface area (TPSA) is 38.8 Å². The number of ether oxygens (including phenoxy) is 2. The number of fused-ring (bicyclic) bond motifs is 1. The highest BCUT2D eigenvalue weighted by atomic mass is 35.5. The molecule has 126 valence electrons. The maximum Gasteiger partial charge on any atom is 0.270 e. The van der Waals surface area contributed by atoms with Crippen molar-refractivity contribution >= 4 is 69.2 Å². The first-order valence-corrected chi connectivity index (χ1v) is 9.13. The quantitative estimate of drug-likeness (QED) is 0.507. The average molecular weight is 410 g/mol. The van der Waals surface area contributed by atoms with Gasteiger partial charge in [0.1, 0.15) is 0 Å². The highest BCUT2D eigenvalue weighted by molar-refractivity contribution is 8.27. The Kier molecular flexibility index (Phi) is 4.37. The number of carbonyl (C=O) groups excluding carboxylic acids is 1. The number of halogens is 2. The lowest BCUT2D eigenvalue weighted by Crippen LogP contribution is -2.27. The summed E-state index contributed by atoms with van der Waals surface area (Å²) < 4.78 is 11.1. The summed E-state index contributed by atoms with van der Waals surface area (Å²) in [5, 5.41) is 0.791. The Hall–Kier alpha value is -1.73. The van der Waals surface area contributed by atoms with E-state index < -0.39 is 0 Å². The van der Waals surface area contributed by atoms with Gasteiger partial charge in [-0.15, -0.1) is 0 Å². The molecule has 0 spiro atoms. The van der Waals surface area contributed by atoms with E-state index in [0.29, 0.717) is 36.5 Å². The molecule has 0 atom stereocenters. The third kappa shape index (κ3) is 3.11. The van der Waals surface area contributed by atoms with Gasteiger partial charge >= 0.3 is 0 Å². The molecule has 0 aromatic heterocycles. The Balaban J connectivity index is 1.65. The molecule has 4 rings (SSSR count). The molecule has 25 heavy (non-hydrogen) atoms. The van der Waals surface area contributed by atoms with Crippen LogP contribution in [-0.2, 0) is 4.79 Å². The molecule has 1 amide bonds. The van der Waals surface area contributed by atoms with Crippen molar-refractivity contribution < 1.29 is 14.3 Å². The van der Waals surface area contributed by atoms with Crippen molar-refractivity contribution in [3.05, 3.63) is 56.9 Å². The zero-order chi connectivity index (χ0) is 17.6. The van der Waals surface area contributed by atoms with Gasteiger partial charge in [-0.05, 0) is 42.0 Å². The Labute approximate surface area is 163 Å². The van der Waals surface area contributed by atoms with Crippen LogP contribution < -0.4 is 14.4 Å². The van der Waals surface area contributed by atoms with Gasteiger partial charge in [-0.2, -0.15) is 0 Å². The fraction of sp³-hybridized carbons (Fsp3) is 0.0588. The molecule has 2 aromatic rings. The van der Waals surface area contributed by atoms with Crippen molar-refractivity contribution in [1.29, 1.82) is 0 Å². The van der Waals surface area contributed by atoms with Gasteiger partial charge < -0.3 is 9.47 Å². The zero-order valence-electron chi connectivity index (χ0n) is 12.5. The molecular weight excluding hydrogens is 401 g/mol. The van der Waals surface area contributed by atoms with Crippen LogP contribution in [0.5, 0.6) is 11.5 Å².